The zero-order chi connectivity index (χ0) is 24.7. The molecule has 0 bridgehead atoms. The molecule has 0 aromatic heterocycles. The number of carbonyl (C=O) groups excluding carboxylic acids is 1. The molecule has 3 nitrogen and oxygen atoms in total. The summed E-state index contributed by atoms with van der Waals surface area (Å²) in [5, 5.41) is 0. The second kappa shape index (κ2) is 11.2. The Bertz CT molecular complexity index is 1260. The number of hydrogen-bond acceptors (Lipinski definition) is 2. The van der Waals surface area contributed by atoms with Crippen LogP contribution in [0.3, 0.4) is 0 Å². The van der Waals surface area contributed by atoms with Gasteiger partial charge < -0.3 is 9.64 Å². The topological polar surface area (TPSA) is 29.5 Å². The molecule has 4 heteroatoms. The minimum Gasteiger partial charge on any atom is -0.489 e. The number of likely N-dealkylation sites (tertiary alicyclic amines) is 1. The molecule has 1 fully saturated rings. The Labute approximate surface area is 212 Å². The van der Waals surface area contributed by atoms with Gasteiger partial charge >= 0.3 is 0 Å². The zero-order valence-corrected chi connectivity index (χ0v) is 20.2. The maximum atomic E-state index is 13.5. The molecule has 4 aromatic rings. The van der Waals surface area contributed by atoms with Crippen molar-refractivity contribution in [3.05, 3.63) is 137 Å². The lowest BCUT2D eigenvalue weighted by atomic mass is 9.77. The molecule has 0 aliphatic carbocycles. The minimum absolute atomic E-state index is 0.0668. The Kier molecular flexibility index (Phi) is 7.41. The second-order valence-electron chi connectivity index (χ2n) is 9.29. The van der Waals surface area contributed by atoms with Crippen LogP contribution in [-0.4, -0.2) is 17.4 Å². The van der Waals surface area contributed by atoms with Gasteiger partial charge in [0.1, 0.15) is 18.2 Å². The molecule has 1 heterocycles. The average molecular weight is 480 g/mol. The van der Waals surface area contributed by atoms with Gasteiger partial charge in [-0.2, -0.15) is 0 Å². The number of benzene rings is 4. The van der Waals surface area contributed by atoms with Crippen molar-refractivity contribution in [2.45, 2.75) is 37.8 Å². The third-order valence-electron chi connectivity index (χ3n) is 6.86. The van der Waals surface area contributed by atoms with Crippen LogP contribution < -0.4 is 4.74 Å². The van der Waals surface area contributed by atoms with E-state index in [0.717, 1.165) is 41.7 Å². The van der Waals surface area contributed by atoms with E-state index in [1.54, 1.807) is 12.1 Å². The van der Waals surface area contributed by atoms with Crippen molar-refractivity contribution < 1.29 is 13.9 Å². The Morgan fingerprint density at radius 2 is 1.31 bits per heavy atom. The van der Waals surface area contributed by atoms with Gasteiger partial charge in [0.2, 0.25) is 5.91 Å². The van der Waals surface area contributed by atoms with E-state index in [9.17, 15) is 9.18 Å². The van der Waals surface area contributed by atoms with Crippen LogP contribution in [0, 0.1) is 5.82 Å². The van der Waals surface area contributed by atoms with Gasteiger partial charge in [-0.3, -0.25) is 4.79 Å². The number of amides is 1. The van der Waals surface area contributed by atoms with Crippen LogP contribution in [0.5, 0.6) is 5.75 Å². The Balaban J connectivity index is 1.27. The molecule has 182 valence electrons. The third-order valence-corrected chi connectivity index (χ3v) is 6.86. The van der Waals surface area contributed by atoms with Crippen molar-refractivity contribution in [2.75, 3.05) is 6.54 Å². The maximum absolute atomic E-state index is 13.5. The molecular weight excluding hydrogens is 449 g/mol. The maximum Gasteiger partial charge on any atom is 0.233 e. The lowest BCUT2D eigenvalue weighted by molar-refractivity contribution is -0.150. The molecule has 5 rings (SSSR count). The van der Waals surface area contributed by atoms with Crippen LogP contribution >= 0.6 is 0 Å². The second-order valence-corrected chi connectivity index (χ2v) is 9.29. The van der Waals surface area contributed by atoms with E-state index in [0.29, 0.717) is 13.2 Å². The van der Waals surface area contributed by atoms with Crippen molar-refractivity contribution in [2.24, 2.45) is 0 Å². The first kappa shape index (κ1) is 23.8. The van der Waals surface area contributed by atoms with E-state index in [1.807, 2.05) is 65.6 Å². The van der Waals surface area contributed by atoms with E-state index < -0.39 is 0 Å². The molecule has 1 saturated heterocycles. The summed E-state index contributed by atoms with van der Waals surface area (Å²) in [6, 6.07) is 34.8. The van der Waals surface area contributed by atoms with Gasteiger partial charge in [-0.1, -0.05) is 84.9 Å². The molecule has 0 N–H and O–H groups in total. The van der Waals surface area contributed by atoms with Gasteiger partial charge in [0, 0.05) is 6.54 Å². The molecule has 0 saturated carbocycles. The molecule has 4 aromatic carbocycles. The first-order valence-electron chi connectivity index (χ1n) is 12.6. The van der Waals surface area contributed by atoms with E-state index in [4.69, 9.17) is 4.74 Å². The molecule has 1 amide bonds. The number of unbranched alkanes of at least 4 members (excludes halogenated alkanes) is 1. The SMILES string of the molecule is O=C1C(c2ccc(F)cc2)C(c2ccc(OCc3ccccc3)cc2)N1CCCCc1ccccc1. The lowest BCUT2D eigenvalue weighted by Crippen LogP contribution is -2.53. The molecular formula is C32H30FNO2. The van der Waals surface area contributed by atoms with Crippen LogP contribution in [-0.2, 0) is 17.8 Å². The monoisotopic (exact) mass is 479 g/mol. The summed E-state index contributed by atoms with van der Waals surface area (Å²) in [6.07, 6.45) is 2.96. The molecule has 1 aliphatic heterocycles. The highest BCUT2D eigenvalue weighted by Gasteiger charge is 2.48. The van der Waals surface area contributed by atoms with Gasteiger partial charge in [-0.15, -0.1) is 0 Å². The first-order chi connectivity index (χ1) is 17.7. The van der Waals surface area contributed by atoms with Crippen LogP contribution in [0.1, 0.15) is 47.1 Å². The fourth-order valence-corrected chi connectivity index (χ4v) is 4.92. The average Bonchev–Trinajstić information content (AvgIpc) is 2.93. The quantitative estimate of drug-likeness (QED) is 0.179. The predicted molar refractivity (Wildman–Crippen MR) is 140 cm³/mol. The smallest absolute Gasteiger partial charge is 0.233 e. The minimum atomic E-state index is -0.296. The fourth-order valence-electron chi connectivity index (χ4n) is 4.92. The number of nitrogens with zero attached hydrogens (tertiary/aromatic N) is 1. The number of carbonyl (C=O) groups is 1. The summed E-state index contributed by atoms with van der Waals surface area (Å²) >= 11 is 0. The summed E-state index contributed by atoms with van der Waals surface area (Å²) in [5.41, 5.74) is 4.36. The van der Waals surface area contributed by atoms with E-state index >= 15 is 0 Å². The van der Waals surface area contributed by atoms with Gasteiger partial charge in [-0.25, -0.2) is 4.39 Å². The Morgan fingerprint density at radius 3 is 1.97 bits per heavy atom. The summed E-state index contributed by atoms with van der Waals surface area (Å²) < 4.78 is 19.5. The van der Waals surface area contributed by atoms with Crippen LogP contribution in [0.2, 0.25) is 0 Å². The first-order valence-corrected chi connectivity index (χ1v) is 12.6. The summed E-state index contributed by atoms with van der Waals surface area (Å²) in [4.78, 5) is 15.2. The number of ether oxygens (including phenoxy) is 1. The van der Waals surface area contributed by atoms with E-state index in [1.165, 1.54) is 17.7 Å². The fraction of sp³-hybridized carbons (Fsp3) is 0.219. The number of aryl methyl sites for hydroxylation is 1. The van der Waals surface area contributed by atoms with E-state index in [-0.39, 0.29) is 23.7 Å². The number of rotatable bonds is 10. The number of hydrogen-bond donors (Lipinski definition) is 0. The normalized spacial score (nSPS) is 17.0. The molecule has 2 unspecified atom stereocenters. The highest BCUT2D eigenvalue weighted by Crippen LogP contribution is 2.47. The Hall–Kier alpha value is -3.92. The van der Waals surface area contributed by atoms with Gasteiger partial charge in [0.25, 0.3) is 0 Å². The summed E-state index contributed by atoms with van der Waals surface area (Å²) in [5.74, 6) is 0.312. The molecule has 0 radical (unpaired) electrons. The molecule has 0 spiro atoms. The van der Waals surface area contributed by atoms with Crippen LogP contribution in [0.15, 0.2) is 109 Å². The lowest BCUT2D eigenvalue weighted by Gasteiger charge is -2.48. The van der Waals surface area contributed by atoms with Crippen molar-refractivity contribution in [3.8, 4) is 5.75 Å². The highest BCUT2D eigenvalue weighted by molar-refractivity contribution is 5.91. The van der Waals surface area contributed by atoms with Crippen LogP contribution in [0.25, 0.3) is 0 Å². The van der Waals surface area contributed by atoms with Gasteiger partial charge in [0.05, 0.1) is 12.0 Å². The van der Waals surface area contributed by atoms with Gasteiger partial charge in [0.15, 0.2) is 0 Å². The van der Waals surface area contributed by atoms with Crippen LogP contribution in [0.4, 0.5) is 4.39 Å². The standard InChI is InChI=1S/C32H30FNO2/c33-28-18-14-26(15-19-28)30-31(34(32(30)35)22-8-7-11-24-9-3-1-4-10-24)27-16-20-29(21-17-27)36-23-25-12-5-2-6-13-25/h1-6,9-10,12-21,30-31H,7-8,11,22-23H2. The van der Waals surface area contributed by atoms with Crippen molar-refractivity contribution in [1.82, 2.24) is 4.90 Å². The van der Waals surface area contributed by atoms with Crippen molar-refractivity contribution in [3.63, 3.8) is 0 Å². The largest absolute Gasteiger partial charge is 0.489 e. The molecule has 1 aliphatic rings. The highest BCUT2D eigenvalue weighted by atomic mass is 19.1. The Morgan fingerprint density at radius 1 is 0.694 bits per heavy atom. The molecule has 2 atom stereocenters. The summed E-state index contributed by atoms with van der Waals surface area (Å²) in [7, 11) is 0. The van der Waals surface area contributed by atoms with Gasteiger partial charge in [-0.05, 0) is 65.8 Å². The van der Waals surface area contributed by atoms with Crippen molar-refractivity contribution in [1.29, 1.82) is 0 Å². The third kappa shape index (κ3) is 5.49. The zero-order valence-electron chi connectivity index (χ0n) is 20.2. The molecule has 36 heavy (non-hydrogen) atoms. The van der Waals surface area contributed by atoms with E-state index in [2.05, 4.69) is 24.3 Å². The van der Waals surface area contributed by atoms with Crippen molar-refractivity contribution >= 4 is 5.91 Å². The predicted octanol–water partition coefficient (Wildman–Crippen LogP) is 7.09. The summed E-state index contributed by atoms with van der Waals surface area (Å²) in [6.45, 7) is 1.22. The number of halogens is 1. The number of β-lactam (4-membered cyclic amide) rings is 1.